The summed E-state index contributed by atoms with van der Waals surface area (Å²) in [4.78, 5) is 7.21. The monoisotopic (exact) mass is 251 g/mol. The number of sulfonamides is 1. The Kier molecular flexibility index (Phi) is 3.55. The molecule has 0 fully saturated rings. The van der Waals surface area contributed by atoms with Crippen molar-refractivity contribution >= 4 is 10.0 Å². The maximum Gasteiger partial charge on any atom is 0.240 e. The number of rotatable bonds is 5. The van der Waals surface area contributed by atoms with Gasteiger partial charge in [-0.3, -0.25) is 0 Å². The Morgan fingerprint density at radius 1 is 1.24 bits per heavy atom. The van der Waals surface area contributed by atoms with Crippen molar-refractivity contribution in [3.63, 3.8) is 0 Å². The molecule has 0 saturated heterocycles. The van der Waals surface area contributed by atoms with Crippen molar-refractivity contribution in [1.29, 1.82) is 0 Å². The Balaban J connectivity index is 1.95. The van der Waals surface area contributed by atoms with Gasteiger partial charge in [-0.25, -0.2) is 18.1 Å². The molecule has 6 heteroatoms. The number of benzene rings is 1. The second-order valence-corrected chi connectivity index (χ2v) is 5.26. The molecular weight excluding hydrogens is 238 g/mol. The van der Waals surface area contributed by atoms with Gasteiger partial charge in [0.2, 0.25) is 10.0 Å². The number of H-pyrrole nitrogens is 1. The average molecular weight is 251 g/mol. The number of aromatic amines is 1. The quantitative estimate of drug-likeness (QED) is 0.830. The van der Waals surface area contributed by atoms with Crippen molar-refractivity contribution < 1.29 is 8.42 Å². The summed E-state index contributed by atoms with van der Waals surface area (Å²) in [6, 6.07) is 8.30. The lowest BCUT2D eigenvalue weighted by Crippen LogP contribution is -2.26. The molecule has 2 rings (SSSR count). The number of nitrogens with zero attached hydrogens (tertiary/aromatic N) is 1. The van der Waals surface area contributed by atoms with Crippen molar-refractivity contribution in [2.75, 3.05) is 6.54 Å². The molecular formula is C11H13N3O2S. The first kappa shape index (κ1) is 11.8. The van der Waals surface area contributed by atoms with Gasteiger partial charge in [0.15, 0.2) is 0 Å². The zero-order valence-corrected chi connectivity index (χ0v) is 9.94. The van der Waals surface area contributed by atoms with E-state index in [9.17, 15) is 8.42 Å². The molecule has 2 aromatic rings. The molecule has 2 N–H and O–H groups in total. The van der Waals surface area contributed by atoms with Crippen LogP contribution in [-0.2, 0) is 16.4 Å². The highest BCUT2D eigenvalue weighted by molar-refractivity contribution is 7.89. The molecule has 0 unspecified atom stereocenters. The highest BCUT2D eigenvalue weighted by Gasteiger charge is 2.12. The highest BCUT2D eigenvalue weighted by atomic mass is 32.2. The van der Waals surface area contributed by atoms with Gasteiger partial charge in [-0.2, -0.15) is 0 Å². The maximum atomic E-state index is 11.8. The van der Waals surface area contributed by atoms with Crippen LogP contribution in [0.15, 0.2) is 47.6 Å². The molecule has 90 valence electrons. The van der Waals surface area contributed by atoms with Crippen molar-refractivity contribution in [3.8, 4) is 0 Å². The summed E-state index contributed by atoms with van der Waals surface area (Å²) < 4.78 is 26.2. The maximum absolute atomic E-state index is 11.8. The zero-order valence-electron chi connectivity index (χ0n) is 9.13. The molecule has 0 radical (unpaired) electrons. The zero-order chi connectivity index (χ0) is 12.1. The van der Waals surface area contributed by atoms with Crippen molar-refractivity contribution in [2.24, 2.45) is 0 Å². The topological polar surface area (TPSA) is 74.8 Å². The molecule has 0 aliphatic rings. The van der Waals surface area contributed by atoms with E-state index < -0.39 is 10.0 Å². The minimum atomic E-state index is -3.41. The minimum absolute atomic E-state index is 0.277. The number of aromatic nitrogens is 2. The van der Waals surface area contributed by atoms with Gasteiger partial charge >= 0.3 is 0 Å². The first-order chi connectivity index (χ1) is 8.18. The Morgan fingerprint density at radius 3 is 2.65 bits per heavy atom. The smallest absolute Gasteiger partial charge is 0.240 e. The van der Waals surface area contributed by atoms with Gasteiger partial charge in [0, 0.05) is 25.4 Å². The normalized spacial score (nSPS) is 11.5. The summed E-state index contributed by atoms with van der Waals surface area (Å²) in [6.45, 7) is 0.324. The van der Waals surface area contributed by atoms with Gasteiger partial charge < -0.3 is 4.98 Å². The Morgan fingerprint density at radius 2 is 2.00 bits per heavy atom. The molecule has 0 atom stereocenters. The molecule has 1 aromatic carbocycles. The van der Waals surface area contributed by atoms with Gasteiger partial charge in [0.25, 0.3) is 0 Å². The predicted molar refractivity (Wildman–Crippen MR) is 63.9 cm³/mol. The van der Waals surface area contributed by atoms with Crippen LogP contribution in [0.5, 0.6) is 0 Å². The van der Waals surface area contributed by atoms with Crippen LogP contribution in [0, 0.1) is 0 Å². The molecule has 0 saturated carbocycles. The van der Waals surface area contributed by atoms with Gasteiger partial charge in [0.05, 0.1) is 4.90 Å². The van der Waals surface area contributed by atoms with E-state index in [1.165, 1.54) is 0 Å². The van der Waals surface area contributed by atoms with Crippen LogP contribution in [-0.4, -0.2) is 24.9 Å². The Hall–Kier alpha value is -1.66. The summed E-state index contributed by atoms with van der Waals surface area (Å²) in [5.74, 6) is 0.765. The van der Waals surface area contributed by atoms with Crippen LogP contribution in [0.25, 0.3) is 0 Å². The second-order valence-electron chi connectivity index (χ2n) is 3.50. The van der Waals surface area contributed by atoms with Crippen molar-refractivity contribution in [1.82, 2.24) is 14.7 Å². The lowest BCUT2D eigenvalue weighted by molar-refractivity contribution is 0.581. The molecule has 17 heavy (non-hydrogen) atoms. The largest absolute Gasteiger partial charge is 0.349 e. The number of hydrogen-bond donors (Lipinski definition) is 2. The lowest BCUT2D eigenvalue weighted by atomic mass is 10.4. The summed E-state index contributed by atoms with van der Waals surface area (Å²) in [5.41, 5.74) is 0. The van der Waals surface area contributed by atoms with E-state index in [1.54, 1.807) is 42.7 Å². The molecule has 0 amide bonds. The fourth-order valence-corrected chi connectivity index (χ4v) is 2.47. The van der Waals surface area contributed by atoms with E-state index in [2.05, 4.69) is 14.7 Å². The van der Waals surface area contributed by atoms with Crippen LogP contribution in [0.2, 0.25) is 0 Å². The van der Waals surface area contributed by atoms with Gasteiger partial charge in [0.1, 0.15) is 5.82 Å². The van der Waals surface area contributed by atoms with E-state index in [4.69, 9.17) is 0 Å². The van der Waals surface area contributed by atoms with E-state index in [0.29, 0.717) is 13.0 Å². The molecule has 0 aliphatic heterocycles. The average Bonchev–Trinajstić information content (AvgIpc) is 2.83. The Labute approximate surface area is 100.0 Å². The third-order valence-corrected chi connectivity index (χ3v) is 3.74. The van der Waals surface area contributed by atoms with Crippen molar-refractivity contribution in [3.05, 3.63) is 48.5 Å². The first-order valence-electron chi connectivity index (χ1n) is 5.21. The second kappa shape index (κ2) is 5.11. The molecule has 0 bridgehead atoms. The third kappa shape index (κ3) is 3.15. The lowest BCUT2D eigenvalue weighted by Gasteiger charge is -2.05. The van der Waals surface area contributed by atoms with E-state index >= 15 is 0 Å². The van der Waals surface area contributed by atoms with Crippen molar-refractivity contribution in [2.45, 2.75) is 11.3 Å². The Bertz CT molecular complexity index is 550. The van der Waals surface area contributed by atoms with E-state index in [1.807, 2.05) is 0 Å². The summed E-state index contributed by atoms with van der Waals surface area (Å²) in [7, 11) is -3.41. The fourth-order valence-electron chi connectivity index (χ4n) is 1.42. The third-order valence-electron chi connectivity index (χ3n) is 2.26. The van der Waals surface area contributed by atoms with Crippen LogP contribution in [0.1, 0.15) is 5.82 Å². The molecule has 5 nitrogen and oxygen atoms in total. The fraction of sp³-hybridized carbons (Fsp3) is 0.182. The summed E-state index contributed by atoms with van der Waals surface area (Å²) in [5, 5.41) is 0. The van der Waals surface area contributed by atoms with Crippen LogP contribution >= 0.6 is 0 Å². The standard InChI is InChI=1S/C11H13N3O2S/c15-17(16,10-4-2-1-3-5-10)14-7-6-11-12-8-9-13-11/h1-5,8-9,14H,6-7H2,(H,12,13). The molecule has 0 aliphatic carbocycles. The molecule has 1 heterocycles. The summed E-state index contributed by atoms with van der Waals surface area (Å²) >= 11 is 0. The minimum Gasteiger partial charge on any atom is -0.349 e. The van der Waals surface area contributed by atoms with E-state index in [-0.39, 0.29) is 4.90 Å². The highest BCUT2D eigenvalue weighted by Crippen LogP contribution is 2.06. The predicted octanol–water partition coefficient (Wildman–Crippen LogP) is 0.931. The van der Waals surface area contributed by atoms with Gasteiger partial charge in [-0.05, 0) is 12.1 Å². The van der Waals surface area contributed by atoms with Crippen LogP contribution in [0.3, 0.4) is 0 Å². The van der Waals surface area contributed by atoms with E-state index in [0.717, 1.165) is 5.82 Å². The molecule has 0 spiro atoms. The summed E-state index contributed by atoms with van der Waals surface area (Å²) in [6.07, 6.45) is 3.89. The number of nitrogens with one attached hydrogen (secondary N) is 2. The van der Waals surface area contributed by atoms with Gasteiger partial charge in [-0.15, -0.1) is 0 Å². The van der Waals surface area contributed by atoms with Crippen LogP contribution in [0.4, 0.5) is 0 Å². The number of hydrogen-bond acceptors (Lipinski definition) is 3. The first-order valence-corrected chi connectivity index (χ1v) is 6.70. The van der Waals surface area contributed by atoms with Crippen LogP contribution < -0.4 is 4.72 Å². The molecule has 1 aromatic heterocycles. The van der Waals surface area contributed by atoms with Gasteiger partial charge in [-0.1, -0.05) is 18.2 Å². The SMILES string of the molecule is O=S(=O)(NCCc1ncc[nH]1)c1ccccc1. The number of imidazole rings is 1.